The third-order valence-electron chi connectivity index (χ3n) is 3.64. The number of nitrogens with zero attached hydrogens (tertiary/aromatic N) is 2. The Balaban J connectivity index is 1.97. The Hall–Kier alpha value is -1.72. The largest absolute Gasteiger partial charge is 0.475 e. The third kappa shape index (κ3) is 2.59. The van der Waals surface area contributed by atoms with Crippen LogP contribution in [0.2, 0.25) is 0 Å². The highest BCUT2D eigenvalue weighted by Crippen LogP contribution is 2.33. The van der Waals surface area contributed by atoms with E-state index in [1.165, 1.54) is 12.6 Å². The molecule has 108 valence electrons. The summed E-state index contributed by atoms with van der Waals surface area (Å²) in [6.07, 6.45) is 3.79. The van der Waals surface area contributed by atoms with E-state index in [9.17, 15) is 13.2 Å². The zero-order valence-electron chi connectivity index (χ0n) is 10.9. The Morgan fingerprint density at radius 1 is 1.15 bits per heavy atom. The molecular formula is C14H15F3N2O. The lowest BCUT2D eigenvalue weighted by Gasteiger charge is -2.23. The topological polar surface area (TPSA) is 26.5 Å². The standard InChI is InChI=1S/C14H15F3N2O/c15-14(16,17)10-8-12-18-6-7-19(12)13(9-10)20-11-4-2-1-3-5-11/h6-9,11H,1-5H2. The van der Waals surface area contributed by atoms with Gasteiger partial charge in [-0.15, -0.1) is 0 Å². The fourth-order valence-electron chi connectivity index (χ4n) is 2.60. The van der Waals surface area contributed by atoms with Gasteiger partial charge in [-0.25, -0.2) is 4.98 Å². The maximum absolute atomic E-state index is 12.9. The van der Waals surface area contributed by atoms with E-state index in [1.54, 1.807) is 10.6 Å². The summed E-state index contributed by atoms with van der Waals surface area (Å²) in [5.41, 5.74) is -0.465. The van der Waals surface area contributed by atoms with Crippen LogP contribution in [0.5, 0.6) is 5.88 Å². The summed E-state index contributed by atoms with van der Waals surface area (Å²) in [5.74, 6) is 0.222. The number of halogens is 3. The minimum absolute atomic E-state index is 0.00201. The fraction of sp³-hybridized carbons (Fsp3) is 0.500. The fourth-order valence-corrected chi connectivity index (χ4v) is 2.60. The molecule has 1 aliphatic rings. The molecule has 0 bridgehead atoms. The lowest BCUT2D eigenvalue weighted by atomic mass is 9.98. The highest BCUT2D eigenvalue weighted by molar-refractivity contribution is 5.46. The van der Waals surface area contributed by atoms with Crippen molar-refractivity contribution in [3.8, 4) is 5.88 Å². The Morgan fingerprint density at radius 2 is 1.90 bits per heavy atom. The molecule has 6 heteroatoms. The van der Waals surface area contributed by atoms with E-state index in [4.69, 9.17) is 4.74 Å². The number of alkyl halides is 3. The van der Waals surface area contributed by atoms with Crippen molar-refractivity contribution in [1.29, 1.82) is 0 Å². The molecule has 0 N–H and O–H groups in total. The lowest BCUT2D eigenvalue weighted by molar-refractivity contribution is -0.137. The van der Waals surface area contributed by atoms with Gasteiger partial charge >= 0.3 is 6.18 Å². The van der Waals surface area contributed by atoms with E-state index >= 15 is 0 Å². The zero-order chi connectivity index (χ0) is 14.2. The minimum atomic E-state index is -4.39. The van der Waals surface area contributed by atoms with E-state index < -0.39 is 11.7 Å². The van der Waals surface area contributed by atoms with Crippen molar-refractivity contribution in [2.24, 2.45) is 0 Å². The number of aromatic nitrogens is 2. The first-order valence-electron chi connectivity index (χ1n) is 6.75. The SMILES string of the molecule is FC(F)(F)c1cc(OC2CCCCC2)n2ccnc2c1. The van der Waals surface area contributed by atoms with Crippen molar-refractivity contribution in [3.05, 3.63) is 30.1 Å². The molecule has 0 aromatic carbocycles. The molecule has 0 saturated heterocycles. The average Bonchev–Trinajstić information content (AvgIpc) is 2.87. The van der Waals surface area contributed by atoms with Crippen LogP contribution in [0.1, 0.15) is 37.7 Å². The van der Waals surface area contributed by atoms with Gasteiger partial charge in [0.05, 0.1) is 5.56 Å². The molecule has 0 spiro atoms. The van der Waals surface area contributed by atoms with Gasteiger partial charge in [0.2, 0.25) is 0 Å². The van der Waals surface area contributed by atoms with Crippen molar-refractivity contribution in [2.75, 3.05) is 0 Å². The van der Waals surface area contributed by atoms with Crippen molar-refractivity contribution in [2.45, 2.75) is 44.4 Å². The molecule has 3 rings (SSSR count). The Morgan fingerprint density at radius 3 is 2.60 bits per heavy atom. The van der Waals surface area contributed by atoms with Crippen LogP contribution in [0.25, 0.3) is 5.65 Å². The summed E-state index contributed by atoms with van der Waals surface area (Å²) in [6, 6.07) is 2.09. The Kier molecular flexibility index (Phi) is 3.31. The van der Waals surface area contributed by atoms with Crippen molar-refractivity contribution in [3.63, 3.8) is 0 Å². The number of hydrogen-bond acceptors (Lipinski definition) is 2. The summed E-state index contributed by atoms with van der Waals surface area (Å²) < 4.78 is 46.0. The number of rotatable bonds is 2. The second-order valence-electron chi connectivity index (χ2n) is 5.11. The van der Waals surface area contributed by atoms with Gasteiger partial charge in [-0.3, -0.25) is 4.40 Å². The smallest absolute Gasteiger partial charge is 0.416 e. The second kappa shape index (κ2) is 5.00. The van der Waals surface area contributed by atoms with Gasteiger partial charge in [-0.1, -0.05) is 6.42 Å². The first-order chi connectivity index (χ1) is 9.54. The molecule has 1 aliphatic carbocycles. The van der Waals surface area contributed by atoms with E-state index in [0.29, 0.717) is 0 Å². The Bertz CT molecular complexity index is 600. The summed E-state index contributed by atoms with van der Waals surface area (Å²) in [5, 5.41) is 0. The van der Waals surface area contributed by atoms with Crippen LogP contribution >= 0.6 is 0 Å². The number of hydrogen-bond donors (Lipinski definition) is 0. The maximum Gasteiger partial charge on any atom is 0.416 e. The highest BCUT2D eigenvalue weighted by Gasteiger charge is 2.32. The van der Waals surface area contributed by atoms with Crippen LogP contribution < -0.4 is 4.74 Å². The predicted octanol–water partition coefficient (Wildman–Crippen LogP) is 4.06. The van der Waals surface area contributed by atoms with Gasteiger partial charge in [0.1, 0.15) is 11.8 Å². The third-order valence-corrected chi connectivity index (χ3v) is 3.64. The van der Waals surface area contributed by atoms with Gasteiger partial charge in [-0.2, -0.15) is 13.2 Å². The minimum Gasteiger partial charge on any atom is -0.475 e. The molecule has 2 aromatic heterocycles. The zero-order valence-corrected chi connectivity index (χ0v) is 10.9. The molecule has 0 aliphatic heterocycles. The van der Waals surface area contributed by atoms with E-state index in [0.717, 1.165) is 37.8 Å². The quantitative estimate of drug-likeness (QED) is 0.831. The predicted molar refractivity (Wildman–Crippen MR) is 67.7 cm³/mol. The van der Waals surface area contributed by atoms with Gasteiger partial charge in [0, 0.05) is 18.5 Å². The van der Waals surface area contributed by atoms with Crippen LogP contribution in [0, 0.1) is 0 Å². The van der Waals surface area contributed by atoms with Crippen LogP contribution in [-0.4, -0.2) is 15.5 Å². The molecule has 0 unspecified atom stereocenters. The molecule has 20 heavy (non-hydrogen) atoms. The van der Waals surface area contributed by atoms with Crippen molar-refractivity contribution >= 4 is 5.65 Å². The number of ether oxygens (including phenoxy) is 1. The van der Waals surface area contributed by atoms with Gasteiger partial charge < -0.3 is 4.74 Å². The molecule has 2 heterocycles. The monoisotopic (exact) mass is 284 g/mol. The van der Waals surface area contributed by atoms with E-state index in [2.05, 4.69) is 4.98 Å². The highest BCUT2D eigenvalue weighted by atomic mass is 19.4. The molecule has 0 atom stereocenters. The van der Waals surface area contributed by atoms with Crippen molar-refractivity contribution < 1.29 is 17.9 Å². The number of fused-ring (bicyclic) bond motifs is 1. The molecule has 3 nitrogen and oxygen atoms in total. The number of imidazole rings is 1. The number of pyridine rings is 1. The summed E-state index contributed by atoms with van der Waals surface area (Å²) in [7, 11) is 0. The molecule has 1 saturated carbocycles. The van der Waals surface area contributed by atoms with Crippen LogP contribution in [0.4, 0.5) is 13.2 Å². The van der Waals surface area contributed by atoms with Crippen LogP contribution in [0.3, 0.4) is 0 Å². The van der Waals surface area contributed by atoms with E-state index in [1.807, 2.05) is 0 Å². The van der Waals surface area contributed by atoms with Crippen LogP contribution in [-0.2, 0) is 6.18 Å². The summed E-state index contributed by atoms with van der Waals surface area (Å²) >= 11 is 0. The molecule has 0 amide bonds. The molecule has 1 fully saturated rings. The van der Waals surface area contributed by atoms with E-state index in [-0.39, 0.29) is 17.6 Å². The Labute approximate surface area is 114 Å². The molecular weight excluding hydrogens is 269 g/mol. The van der Waals surface area contributed by atoms with Gasteiger partial charge in [0.15, 0.2) is 5.88 Å². The first kappa shape index (κ1) is 13.3. The lowest BCUT2D eigenvalue weighted by Crippen LogP contribution is -2.21. The van der Waals surface area contributed by atoms with Crippen molar-refractivity contribution in [1.82, 2.24) is 9.38 Å². The van der Waals surface area contributed by atoms with Crippen LogP contribution in [0.15, 0.2) is 24.5 Å². The maximum atomic E-state index is 12.9. The second-order valence-corrected chi connectivity index (χ2v) is 5.11. The first-order valence-corrected chi connectivity index (χ1v) is 6.75. The van der Waals surface area contributed by atoms with Gasteiger partial charge in [-0.05, 0) is 31.7 Å². The summed E-state index contributed by atoms with van der Waals surface area (Å²) in [6.45, 7) is 0. The summed E-state index contributed by atoms with van der Waals surface area (Å²) in [4.78, 5) is 3.93. The average molecular weight is 284 g/mol. The molecule has 0 radical (unpaired) electrons. The molecule has 2 aromatic rings. The van der Waals surface area contributed by atoms with Gasteiger partial charge in [0.25, 0.3) is 0 Å². The normalized spacial score (nSPS) is 17.6.